The van der Waals surface area contributed by atoms with E-state index in [0.29, 0.717) is 29.7 Å². The Morgan fingerprint density at radius 1 is 1.32 bits per heavy atom. The van der Waals surface area contributed by atoms with E-state index in [9.17, 15) is 13.2 Å². The van der Waals surface area contributed by atoms with Crippen LogP contribution in [-0.2, 0) is 14.6 Å². The van der Waals surface area contributed by atoms with E-state index in [2.05, 4.69) is 0 Å². The monoisotopic (exact) mass is 407 g/mol. The molecule has 2 rings (SSSR count). The van der Waals surface area contributed by atoms with E-state index in [1.54, 1.807) is 23.1 Å². The summed E-state index contributed by atoms with van der Waals surface area (Å²) in [5.41, 5.74) is 0.823. The van der Waals surface area contributed by atoms with Crippen molar-refractivity contribution >= 4 is 39.1 Å². The number of amides is 1. The van der Waals surface area contributed by atoms with Gasteiger partial charge in [0.25, 0.3) is 0 Å². The van der Waals surface area contributed by atoms with Crippen LogP contribution in [-0.4, -0.2) is 51.1 Å². The number of ether oxygens (including phenoxy) is 1. The first-order valence-electron chi connectivity index (χ1n) is 8.25. The predicted octanol–water partition coefficient (Wildman–Crippen LogP) is 3.99. The molecule has 0 aromatic heterocycles. The zero-order valence-electron chi connectivity index (χ0n) is 14.4. The highest BCUT2D eigenvalue weighted by Crippen LogP contribution is 2.36. The number of nitrogens with zero attached hydrogens (tertiary/aromatic N) is 1. The van der Waals surface area contributed by atoms with E-state index >= 15 is 0 Å². The number of hydrogen-bond donors (Lipinski definition) is 0. The van der Waals surface area contributed by atoms with Crippen LogP contribution in [0.15, 0.2) is 18.2 Å². The van der Waals surface area contributed by atoms with Gasteiger partial charge >= 0.3 is 6.09 Å². The number of carbonyl (C=O) groups excluding carboxylic acids is 1. The minimum Gasteiger partial charge on any atom is -0.449 e. The van der Waals surface area contributed by atoms with Gasteiger partial charge in [-0.05, 0) is 24.1 Å². The van der Waals surface area contributed by atoms with Crippen LogP contribution in [0, 0.1) is 5.92 Å². The van der Waals surface area contributed by atoms with Gasteiger partial charge in [-0.25, -0.2) is 13.2 Å². The molecule has 1 amide bonds. The number of sulfone groups is 1. The molecule has 1 aliphatic rings. The third kappa shape index (κ3) is 5.76. The Morgan fingerprint density at radius 3 is 2.56 bits per heavy atom. The third-order valence-electron chi connectivity index (χ3n) is 4.31. The van der Waals surface area contributed by atoms with Gasteiger partial charge in [-0.15, -0.1) is 0 Å². The van der Waals surface area contributed by atoms with Crippen LogP contribution in [0.2, 0.25) is 10.0 Å². The number of benzene rings is 1. The van der Waals surface area contributed by atoms with E-state index in [4.69, 9.17) is 27.9 Å². The summed E-state index contributed by atoms with van der Waals surface area (Å²) in [6.07, 6.45) is 2.68. The van der Waals surface area contributed by atoms with Gasteiger partial charge in [0.05, 0.1) is 22.4 Å². The highest BCUT2D eigenvalue weighted by Gasteiger charge is 2.39. The average molecular weight is 408 g/mol. The van der Waals surface area contributed by atoms with Gasteiger partial charge in [-0.2, -0.15) is 0 Å². The molecule has 1 aliphatic heterocycles. The van der Waals surface area contributed by atoms with Crippen molar-refractivity contribution in [3.05, 3.63) is 33.8 Å². The van der Waals surface area contributed by atoms with Gasteiger partial charge in [0.2, 0.25) is 0 Å². The first-order chi connectivity index (χ1) is 11.7. The molecule has 8 heteroatoms. The number of likely N-dealkylation sites (tertiary alicyclic amines) is 1. The maximum atomic E-state index is 11.9. The SMILES string of the molecule is CCCCOC(=O)N1CC(C(CS(C)(=O)=O)c2ccc(Cl)c(Cl)c2)C1. The third-order valence-corrected chi connectivity index (χ3v) is 6.02. The molecule has 1 atom stereocenters. The fraction of sp³-hybridized carbons (Fsp3) is 0.588. The van der Waals surface area contributed by atoms with Crippen molar-refractivity contribution in [2.75, 3.05) is 31.7 Å². The number of hydrogen-bond acceptors (Lipinski definition) is 4. The highest BCUT2D eigenvalue weighted by molar-refractivity contribution is 7.90. The van der Waals surface area contributed by atoms with Gasteiger partial charge in [0.15, 0.2) is 0 Å². The fourth-order valence-electron chi connectivity index (χ4n) is 2.88. The van der Waals surface area contributed by atoms with Gasteiger partial charge in [0, 0.05) is 31.2 Å². The highest BCUT2D eigenvalue weighted by atomic mass is 35.5. The zero-order chi connectivity index (χ0) is 18.6. The first-order valence-corrected chi connectivity index (χ1v) is 11.1. The maximum Gasteiger partial charge on any atom is 0.409 e. The van der Waals surface area contributed by atoms with Gasteiger partial charge in [-0.1, -0.05) is 42.6 Å². The van der Waals surface area contributed by atoms with Crippen molar-refractivity contribution in [3.63, 3.8) is 0 Å². The zero-order valence-corrected chi connectivity index (χ0v) is 16.7. The molecule has 140 valence electrons. The van der Waals surface area contributed by atoms with Crippen LogP contribution in [0.4, 0.5) is 4.79 Å². The van der Waals surface area contributed by atoms with Crippen molar-refractivity contribution in [3.8, 4) is 0 Å². The molecule has 1 unspecified atom stereocenters. The normalized spacial score (nSPS) is 16.4. The molecule has 1 aromatic carbocycles. The lowest BCUT2D eigenvalue weighted by Crippen LogP contribution is -2.53. The Labute approximate surface area is 159 Å². The molecule has 0 saturated carbocycles. The van der Waals surface area contributed by atoms with Crippen LogP contribution >= 0.6 is 23.2 Å². The molecular formula is C17H23Cl2NO4S. The Balaban J connectivity index is 2.06. The summed E-state index contributed by atoms with van der Waals surface area (Å²) in [4.78, 5) is 13.5. The minimum atomic E-state index is -3.18. The van der Waals surface area contributed by atoms with E-state index in [-0.39, 0.29) is 23.7 Å². The smallest absolute Gasteiger partial charge is 0.409 e. The van der Waals surface area contributed by atoms with E-state index in [0.717, 1.165) is 18.4 Å². The van der Waals surface area contributed by atoms with Crippen LogP contribution in [0.3, 0.4) is 0 Å². The molecule has 1 saturated heterocycles. The number of rotatable bonds is 7. The van der Waals surface area contributed by atoms with Crippen LogP contribution in [0.5, 0.6) is 0 Å². The lowest BCUT2D eigenvalue weighted by atomic mass is 9.82. The topological polar surface area (TPSA) is 63.7 Å². The van der Waals surface area contributed by atoms with Crippen molar-refractivity contribution in [1.82, 2.24) is 4.90 Å². The molecule has 0 spiro atoms. The molecular weight excluding hydrogens is 385 g/mol. The molecule has 0 aliphatic carbocycles. The summed E-state index contributed by atoms with van der Waals surface area (Å²) < 4.78 is 28.9. The molecule has 1 aromatic rings. The number of carbonyl (C=O) groups is 1. The van der Waals surface area contributed by atoms with Crippen LogP contribution in [0.25, 0.3) is 0 Å². The maximum absolute atomic E-state index is 11.9. The fourth-order valence-corrected chi connectivity index (χ4v) is 4.31. The summed E-state index contributed by atoms with van der Waals surface area (Å²) in [5, 5.41) is 0.825. The lowest BCUT2D eigenvalue weighted by molar-refractivity contribution is 0.0469. The molecule has 0 bridgehead atoms. The summed E-state index contributed by atoms with van der Waals surface area (Å²) in [6, 6.07) is 5.18. The summed E-state index contributed by atoms with van der Waals surface area (Å²) in [5.74, 6) is -0.177. The molecule has 1 fully saturated rings. The van der Waals surface area contributed by atoms with Crippen molar-refractivity contribution < 1.29 is 17.9 Å². The Morgan fingerprint density at radius 2 is 2.00 bits per heavy atom. The van der Waals surface area contributed by atoms with Crippen LogP contribution in [0.1, 0.15) is 31.2 Å². The second kappa shape index (κ2) is 8.60. The first kappa shape index (κ1) is 20.3. The summed E-state index contributed by atoms with van der Waals surface area (Å²) in [7, 11) is -3.18. The Bertz CT molecular complexity index is 717. The minimum absolute atomic E-state index is 0.00828. The molecule has 25 heavy (non-hydrogen) atoms. The Hall–Kier alpha value is -0.980. The molecule has 1 heterocycles. The van der Waals surface area contributed by atoms with Gasteiger partial charge in [0.1, 0.15) is 9.84 Å². The van der Waals surface area contributed by atoms with Gasteiger partial charge in [-0.3, -0.25) is 0 Å². The summed E-state index contributed by atoms with van der Waals surface area (Å²) >= 11 is 12.0. The molecule has 0 radical (unpaired) electrons. The predicted molar refractivity (Wildman–Crippen MR) is 100 cm³/mol. The van der Waals surface area contributed by atoms with E-state index < -0.39 is 9.84 Å². The van der Waals surface area contributed by atoms with Gasteiger partial charge < -0.3 is 9.64 Å². The number of halogens is 2. The lowest BCUT2D eigenvalue weighted by Gasteiger charge is -2.42. The van der Waals surface area contributed by atoms with E-state index in [1.165, 1.54) is 6.26 Å². The molecule has 0 N–H and O–H groups in total. The second-order valence-electron chi connectivity index (χ2n) is 6.51. The van der Waals surface area contributed by atoms with Crippen molar-refractivity contribution in [1.29, 1.82) is 0 Å². The van der Waals surface area contributed by atoms with E-state index in [1.807, 2.05) is 6.92 Å². The number of unbranched alkanes of at least 4 members (excludes halogenated alkanes) is 1. The molecule has 5 nitrogen and oxygen atoms in total. The Kier molecular flexibility index (Phi) is 7.00. The quantitative estimate of drug-likeness (QED) is 0.640. The van der Waals surface area contributed by atoms with Crippen LogP contribution < -0.4 is 0 Å². The van der Waals surface area contributed by atoms with Crippen molar-refractivity contribution in [2.45, 2.75) is 25.7 Å². The average Bonchev–Trinajstić information content (AvgIpc) is 2.46. The second-order valence-corrected chi connectivity index (χ2v) is 9.50. The largest absolute Gasteiger partial charge is 0.449 e. The summed E-state index contributed by atoms with van der Waals surface area (Å²) in [6.45, 7) is 3.40. The standard InChI is InChI=1S/C17H23Cl2NO4S/c1-3-4-7-24-17(21)20-9-13(10-20)14(11-25(2,22)23)12-5-6-15(18)16(19)8-12/h5-6,8,13-14H,3-4,7,9-11H2,1-2H3. The van der Waals surface area contributed by atoms with Crippen molar-refractivity contribution in [2.24, 2.45) is 5.92 Å².